The number of esters is 1. The summed E-state index contributed by atoms with van der Waals surface area (Å²) < 4.78 is 24.2. The molecule has 1 aromatic rings. The molecule has 2 rings (SSSR count). The summed E-state index contributed by atoms with van der Waals surface area (Å²) in [4.78, 5) is 12.6. The Bertz CT molecular complexity index is 945. The van der Waals surface area contributed by atoms with Crippen LogP contribution in [0.4, 0.5) is 0 Å². The van der Waals surface area contributed by atoms with Crippen LogP contribution >= 0.6 is 8.60 Å². The molecule has 1 fully saturated rings. The molecule has 0 spiro atoms. The maximum atomic E-state index is 12.6. The van der Waals surface area contributed by atoms with Gasteiger partial charge >= 0.3 is 14.6 Å². The van der Waals surface area contributed by atoms with Crippen LogP contribution in [-0.2, 0) is 35.8 Å². The zero-order valence-electron chi connectivity index (χ0n) is 31.5. The minimum absolute atomic E-state index is 0.00761. The molecule has 0 N–H and O–H groups in total. The van der Waals surface area contributed by atoms with Crippen molar-refractivity contribution >= 4 is 14.6 Å². The molecule has 0 unspecified atom stereocenters. The molecule has 0 aliphatic carbocycles. The molecule has 266 valence electrons. The Balaban J connectivity index is 1.70. The number of aryl methyl sites for hydroxylation is 1. The first-order valence-electron chi connectivity index (χ1n) is 18.8. The largest absolute Gasteiger partial charge is 0.466 e. The van der Waals surface area contributed by atoms with Gasteiger partial charge in [0.05, 0.1) is 19.8 Å². The van der Waals surface area contributed by atoms with E-state index >= 15 is 0 Å². The minimum Gasteiger partial charge on any atom is -0.466 e. The zero-order valence-corrected chi connectivity index (χ0v) is 32.4. The van der Waals surface area contributed by atoms with Crippen LogP contribution in [0.15, 0.2) is 12.1 Å². The van der Waals surface area contributed by atoms with Crippen molar-refractivity contribution in [3.05, 3.63) is 28.8 Å². The lowest BCUT2D eigenvalue weighted by Gasteiger charge is -2.35. The van der Waals surface area contributed by atoms with Gasteiger partial charge in [0.1, 0.15) is 5.75 Å². The van der Waals surface area contributed by atoms with E-state index in [0.29, 0.717) is 32.7 Å². The van der Waals surface area contributed by atoms with Gasteiger partial charge < -0.3 is 18.3 Å². The van der Waals surface area contributed by atoms with Crippen molar-refractivity contribution in [2.45, 2.75) is 189 Å². The van der Waals surface area contributed by atoms with Crippen LogP contribution < -0.4 is 4.52 Å². The Kier molecular flexibility index (Phi) is 18.8. The quantitative estimate of drug-likeness (QED) is 0.0702. The fourth-order valence-corrected chi connectivity index (χ4v) is 7.30. The van der Waals surface area contributed by atoms with Crippen LogP contribution in [0.25, 0.3) is 0 Å². The molecule has 0 radical (unpaired) electrons. The maximum absolute atomic E-state index is 12.6. The third-order valence-electron chi connectivity index (χ3n) is 8.93. The summed E-state index contributed by atoms with van der Waals surface area (Å²) >= 11 is 0. The van der Waals surface area contributed by atoms with Crippen molar-refractivity contribution in [1.29, 1.82) is 0 Å². The van der Waals surface area contributed by atoms with E-state index < -0.39 is 8.60 Å². The summed E-state index contributed by atoms with van der Waals surface area (Å²) in [6, 6.07) is 4.41. The van der Waals surface area contributed by atoms with Gasteiger partial charge in [-0.2, -0.15) is 0 Å². The molecule has 6 heteroatoms. The molecule has 1 heterocycles. The average molecular weight is 663 g/mol. The van der Waals surface area contributed by atoms with Gasteiger partial charge in [-0.25, -0.2) is 0 Å². The Morgan fingerprint density at radius 2 is 1.13 bits per heavy atom. The van der Waals surface area contributed by atoms with Gasteiger partial charge in [0.25, 0.3) is 0 Å². The van der Waals surface area contributed by atoms with Gasteiger partial charge in [-0.3, -0.25) is 4.79 Å². The second-order valence-corrected chi connectivity index (χ2v) is 17.7. The maximum Gasteiger partial charge on any atom is 0.397 e. The molecule has 0 saturated carbocycles. The number of ether oxygens (including phenoxy) is 1. The van der Waals surface area contributed by atoms with Gasteiger partial charge in [0, 0.05) is 23.0 Å². The van der Waals surface area contributed by atoms with Gasteiger partial charge in [-0.15, -0.1) is 0 Å². The molecular weight excluding hydrogens is 591 g/mol. The van der Waals surface area contributed by atoms with E-state index in [9.17, 15) is 4.79 Å². The third kappa shape index (κ3) is 16.8. The summed E-state index contributed by atoms with van der Waals surface area (Å²) in [6.45, 7) is 21.6. The molecule has 1 aliphatic heterocycles. The molecule has 0 aromatic heterocycles. The lowest BCUT2D eigenvalue weighted by atomic mass is 9.78. The number of unbranched alkanes of at least 4 members (excludes halogenated alkanes) is 15. The summed E-state index contributed by atoms with van der Waals surface area (Å²) in [5.74, 6) is 0.756. The van der Waals surface area contributed by atoms with E-state index in [4.69, 9.17) is 18.3 Å². The second-order valence-electron chi connectivity index (χ2n) is 16.6. The van der Waals surface area contributed by atoms with Crippen LogP contribution in [0.1, 0.15) is 188 Å². The number of rotatable bonds is 22. The summed E-state index contributed by atoms with van der Waals surface area (Å²) in [5.41, 5.74) is 3.08. The molecule has 46 heavy (non-hydrogen) atoms. The van der Waals surface area contributed by atoms with Crippen LogP contribution in [0.5, 0.6) is 5.75 Å². The van der Waals surface area contributed by atoms with Gasteiger partial charge in [-0.05, 0) is 29.2 Å². The highest BCUT2D eigenvalue weighted by atomic mass is 31.2. The summed E-state index contributed by atoms with van der Waals surface area (Å²) in [5, 5.41) is 0. The lowest BCUT2D eigenvalue weighted by Crippen LogP contribution is -2.29. The SMILES string of the molecule is CCCCCCCCCCCCCCCCCCOC(=O)CCc1cc(C(C)(C)C)c(OP2OCC(C)(C)CO2)c(C(C)(C)C)c1. The molecular formula is C40H71O5P. The second kappa shape index (κ2) is 21.0. The fourth-order valence-electron chi connectivity index (χ4n) is 5.86. The first-order chi connectivity index (χ1) is 21.7. The zero-order chi connectivity index (χ0) is 34.1. The Hall–Kier alpha value is -1.16. The molecule has 0 amide bonds. The van der Waals surface area contributed by atoms with E-state index in [0.717, 1.165) is 35.3 Å². The standard InChI is InChI=1S/C40H71O5P/c1-10-11-12-13-14-15-16-17-18-19-20-21-22-23-24-25-28-42-36(41)27-26-33-29-34(38(2,3)4)37(35(30-33)39(5,6)7)45-46-43-31-40(8,9)32-44-46/h29-30H,10-28,31-32H2,1-9H3. The first kappa shape index (κ1) is 41.0. The van der Waals surface area contributed by atoms with Crippen molar-refractivity contribution < 1.29 is 23.1 Å². The van der Waals surface area contributed by atoms with Crippen LogP contribution in [0, 0.1) is 5.41 Å². The van der Waals surface area contributed by atoms with E-state index in [-0.39, 0.29) is 22.2 Å². The number of hydrogen-bond acceptors (Lipinski definition) is 5. The Labute approximate surface area is 285 Å². The number of benzene rings is 1. The van der Waals surface area contributed by atoms with Crippen LogP contribution in [0.2, 0.25) is 0 Å². The third-order valence-corrected chi connectivity index (χ3v) is 9.94. The van der Waals surface area contributed by atoms with Crippen LogP contribution in [-0.4, -0.2) is 25.8 Å². The summed E-state index contributed by atoms with van der Waals surface area (Å²) in [7, 11) is -1.46. The van der Waals surface area contributed by atoms with Gasteiger partial charge in [0.2, 0.25) is 0 Å². The minimum atomic E-state index is -1.46. The monoisotopic (exact) mass is 663 g/mol. The number of carbonyl (C=O) groups excluding carboxylic acids is 1. The molecule has 0 atom stereocenters. The van der Waals surface area contributed by atoms with Crippen molar-refractivity contribution in [1.82, 2.24) is 0 Å². The molecule has 1 aromatic carbocycles. The van der Waals surface area contributed by atoms with Gasteiger partial charge in [0.15, 0.2) is 0 Å². The Morgan fingerprint density at radius 1 is 0.717 bits per heavy atom. The Morgan fingerprint density at radius 3 is 1.54 bits per heavy atom. The van der Waals surface area contributed by atoms with Crippen molar-refractivity contribution in [3.8, 4) is 5.75 Å². The molecule has 5 nitrogen and oxygen atoms in total. The summed E-state index contributed by atoms with van der Waals surface area (Å²) in [6.07, 6.45) is 22.5. The molecule has 1 aliphatic rings. The van der Waals surface area contributed by atoms with E-state index in [1.165, 1.54) is 89.9 Å². The first-order valence-corrected chi connectivity index (χ1v) is 19.9. The highest BCUT2D eigenvalue weighted by Crippen LogP contribution is 2.51. The van der Waals surface area contributed by atoms with E-state index in [1.54, 1.807) is 0 Å². The van der Waals surface area contributed by atoms with Crippen molar-refractivity contribution in [2.24, 2.45) is 5.41 Å². The lowest BCUT2D eigenvalue weighted by molar-refractivity contribution is -0.143. The predicted octanol–water partition coefficient (Wildman–Crippen LogP) is 12.7. The number of carbonyl (C=O) groups is 1. The van der Waals surface area contributed by atoms with Crippen molar-refractivity contribution in [3.63, 3.8) is 0 Å². The van der Waals surface area contributed by atoms with Crippen LogP contribution in [0.3, 0.4) is 0 Å². The molecule has 1 saturated heterocycles. The van der Waals surface area contributed by atoms with E-state index in [1.807, 2.05) is 0 Å². The highest BCUT2D eigenvalue weighted by Gasteiger charge is 2.35. The topological polar surface area (TPSA) is 54.0 Å². The van der Waals surface area contributed by atoms with Crippen molar-refractivity contribution in [2.75, 3.05) is 19.8 Å². The van der Waals surface area contributed by atoms with Gasteiger partial charge in [-0.1, -0.05) is 171 Å². The van der Waals surface area contributed by atoms with E-state index in [2.05, 4.69) is 74.4 Å². The highest BCUT2D eigenvalue weighted by molar-refractivity contribution is 7.42. The fraction of sp³-hybridized carbons (Fsp3) is 0.825. The average Bonchev–Trinajstić information content (AvgIpc) is 2.98. The smallest absolute Gasteiger partial charge is 0.397 e. The normalized spacial score (nSPS) is 15.7. The number of hydrogen-bond donors (Lipinski definition) is 0. The predicted molar refractivity (Wildman–Crippen MR) is 196 cm³/mol. The molecule has 0 bridgehead atoms.